The fourth-order valence-corrected chi connectivity index (χ4v) is 0.773. The number of nitrogens with zero attached hydrogens (tertiary/aromatic N) is 1. The molecule has 1 fully saturated rings. The van der Waals surface area contributed by atoms with Crippen LogP contribution in [0, 0.1) is 0 Å². The van der Waals surface area contributed by atoms with Gasteiger partial charge in [-0.05, 0) is 7.05 Å². The molecule has 1 heterocycles. The van der Waals surface area contributed by atoms with Crippen molar-refractivity contribution in [3.05, 3.63) is 0 Å². The smallest absolute Gasteiger partial charge is 0.300 e. The van der Waals surface area contributed by atoms with Crippen LogP contribution in [-0.4, -0.2) is 30.7 Å². The molecule has 9 heavy (non-hydrogen) atoms. The van der Waals surface area contributed by atoms with Gasteiger partial charge in [-0.1, -0.05) is 0 Å². The van der Waals surface area contributed by atoms with Gasteiger partial charge in [0.25, 0.3) is 0 Å². The maximum Gasteiger partial charge on any atom is 0.390 e. The SMILES string of the molecule is CN1C[C@@H]1CC(F)(F)F. The molecule has 1 saturated heterocycles. The topological polar surface area (TPSA) is 3.01 Å². The summed E-state index contributed by atoms with van der Waals surface area (Å²) in [7, 11) is 1.69. The fourth-order valence-electron chi connectivity index (χ4n) is 0.773. The van der Waals surface area contributed by atoms with Crippen LogP contribution >= 0.6 is 0 Å². The number of hydrogen-bond donors (Lipinski definition) is 0. The van der Waals surface area contributed by atoms with Crippen LogP contribution in [0.25, 0.3) is 0 Å². The van der Waals surface area contributed by atoms with Crippen LogP contribution in [0.4, 0.5) is 13.2 Å². The van der Waals surface area contributed by atoms with Gasteiger partial charge in [0.2, 0.25) is 0 Å². The van der Waals surface area contributed by atoms with E-state index in [-0.39, 0.29) is 6.04 Å². The third kappa shape index (κ3) is 2.22. The minimum atomic E-state index is -3.98. The zero-order chi connectivity index (χ0) is 7.07. The van der Waals surface area contributed by atoms with E-state index in [1.807, 2.05) is 0 Å². The van der Waals surface area contributed by atoms with Crippen molar-refractivity contribution < 1.29 is 13.2 Å². The summed E-state index contributed by atoms with van der Waals surface area (Å²) in [5, 5.41) is 0. The highest BCUT2D eigenvalue weighted by atomic mass is 19.4. The second kappa shape index (κ2) is 1.87. The van der Waals surface area contributed by atoms with Crippen molar-refractivity contribution in [3.8, 4) is 0 Å². The van der Waals surface area contributed by atoms with E-state index in [2.05, 4.69) is 0 Å². The molecule has 0 aromatic heterocycles. The Balaban J connectivity index is 2.19. The van der Waals surface area contributed by atoms with Gasteiger partial charge in [0.1, 0.15) is 0 Å². The summed E-state index contributed by atoms with van der Waals surface area (Å²) in [6, 6.07) is -0.231. The Morgan fingerprint density at radius 3 is 2.11 bits per heavy atom. The van der Waals surface area contributed by atoms with Crippen LogP contribution in [0.2, 0.25) is 0 Å². The second-order valence-corrected chi connectivity index (χ2v) is 2.41. The first-order chi connectivity index (χ1) is 3.99. The third-order valence-electron chi connectivity index (χ3n) is 1.46. The molecule has 0 spiro atoms. The summed E-state index contributed by atoms with van der Waals surface area (Å²) in [6.45, 7) is 0.597. The molecule has 1 aliphatic rings. The summed E-state index contributed by atoms with van der Waals surface area (Å²) in [5.74, 6) is 0. The molecule has 0 bridgehead atoms. The molecule has 0 saturated carbocycles. The molecule has 4 heteroatoms. The molecule has 0 aromatic rings. The first-order valence-electron chi connectivity index (χ1n) is 2.76. The van der Waals surface area contributed by atoms with Gasteiger partial charge in [0.15, 0.2) is 0 Å². The number of likely N-dealkylation sites (N-methyl/N-ethyl adjacent to an activating group) is 1. The number of alkyl halides is 3. The number of halogens is 3. The van der Waals surface area contributed by atoms with Gasteiger partial charge in [-0.2, -0.15) is 13.2 Å². The van der Waals surface area contributed by atoms with Gasteiger partial charge >= 0.3 is 6.18 Å². The maximum atomic E-state index is 11.5. The highest BCUT2D eigenvalue weighted by Gasteiger charge is 2.40. The van der Waals surface area contributed by atoms with Crippen LogP contribution in [0.5, 0.6) is 0 Å². The van der Waals surface area contributed by atoms with Crippen molar-refractivity contribution in [2.24, 2.45) is 0 Å². The quantitative estimate of drug-likeness (QED) is 0.494. The molecule has 2 atom stereocenters. The molecule has 1 rings (SSSR count). The van der Waals surface area contributed by atoms with E-state index in [4.69, 9.17) is 0 Å². The number of rotatable bonds is 1. The van der Waals surface area contributed by atoms with E-state index < -0.39 is 12.6 Å². The standard InChI is InChI=1S/C5H8F3N/c1-9-3-4(9)2-5(6,7)8/h4H,2-3H2,1H3/t4-,9?/m0/s1. The van der Waals surface area contributed by atoms with E-state index >= 15 is 0 Å². The lowest BCUT2D eigenvalue weighted by Crippen LogP contribution is -2.12. The summed E-state index contributed by atoms with van der Waals surface area (Å²) in [4.78, 5) is 1.67. The Labute approximate surface area is 51.4 Å². The Morgan fingerprint density at radius 1 is 1.56 bits per heavy atom. The normalized spacial score (nSPS) is 34.7. The van der Waals surface area contributed by atoms with Crippen LogP contribution < -0.4 is 0 Å². The monoisotopic (exact) mass is 139 g/mol. The van der Waals surface area contributed by atoms with E-state index in [0.29, 0.717) is 6.54 Å². The van der Waals surface area contributed by atoms with Crippen molar-refractivity contribution >= 4 is 0 Å². The van der Waals surface area contributed by atoms with Crippen molar-refractivity contribution in [1.29, 1.82) is 0 Å². The second-order valence-electron chi connectivity index (χ2n) is 2.41. The van der Waals surface area contributed by atoms with Gasteiger partial charge < -0.3 is 4.90 Å². The van der Waals surface area contributed by atoms with Crippen molar-refractivity contribution in [2.75, 3.05) is 13.6 Å². The lowest BCUT2D eigenvalue weighted by Gasteiger charge is -2.02. The number of hydrogen-bond acceptors (Lipinski definition) is 1. The van der Waals surface area contributed by atoms with Crippen molar-refractivity contribution in [1.82, 2.24) is 4.90 Å². The minimum Gasteiger partial charge on any atom is -0.300 e. The van der Waals surface area contributed by atoms with E-state index in [1.54, 1.807) is 11.9 Å². The first kappa shape index (κ1) is 6.86. The first-order valence-corrected chi connectivity index (χ1v) is 2.76. The van der Waals surface area contributed by atoms with Crippen LogP contribution in [0.15, 0.2) is 0 Å². The summed E-state index contributed by atoms with van der Waals surface area (Å²) in [6.07, 6.45) is -4.63. The Bertz CT molecular complexity index is 109. The molecule has 0 amide bonds. The highest BCUT2D eigenvalue weighted by Crippen LogP contribution is 2.29. The van der Waals surface area contributed by atoms with E-state index in [0.717, 1.165) is 0 Å². The summed E-state index contributed by atoms with van der Waals surface area (Å²) < 4.78 is 34.5. The summed E-state index contributed by atoms with van der Waals surface area (Å²) >= 11 is 0. The predicted octanol–water partition coefficient (Wildman–Crippen LogP) is 1.25. The van der Waals surface area contributed by atoms with Crippen LogP contribution in [0.3, 0.4) is 0 Å². The molecular formula is C5H8F3N. The Hall–Kier alpha value is -0.250. The van der Waals surface area contributed by atoms with Gasteiger partial charge in [-0.15, -0.1) is 0 Å². The van der Waals surface area contributed by atoms with Crippen molar-refractivity contribution in [3.63, 3.8) is 0 Å². The lowest BCUT2D eigenvalue weighted by atomic mass is 10.3. The zero-order valence-electron chi connectivity index (χ0n) is 5.07. The molecule has 0 N–H and O–H groups in total. The molecule has 0 aliphatic carbocycles. The molecule has 0 radical (unpaired) electrons. The van der Waals surface area contributed by atoms with Gasteiger partial charge in [0, 0.05) is 12.6 Å². The molecule has 54 valence electrons. The van der Waals surface area contributed by atoms with E-state index in [1.165, 1.54) is 0 Å². The van der Waals surface area contributed by atoms with Crippen molar-refractivity contribution in [2.45, 2.75) is 18.6 Å². The lowest BCUT2D eigenvalue weighted by molar-refractivity contribution is -0.135. The van der Waals surface area contributed by atoms with E-state index in [9.17, 15) is 13.2 Å². The molecule has 0 aromatic carbocycles. The maximum absolute atomic E-state index is 11.5. The average Bonchev–Trinajstić information content (AvgIpc) is 2.13. The predicted molar refractivity (Wildman–Crippen MR) is 27.1 cm³/mol. The molecule has 1 nitrogen and oxygen atoms in total. The molecule has 1 unspecified atom stereocenters. The molecule has 1 aliphatic heterocycles. The van der Waals surface area contributed by atoms with Crippen LogP contribution in [0.1, 0.15) is 6.42 Å². The van der Waals surface area contributed by atoms with Crippen LogP contribution in [-0.2, 0) is 0 Å². The average molecular weight is 139 g/mol. The Morgan fingerprint density at radius 2 is 2.00 bits per heavy atom. The molecular weight excluding hydrogens is 131 g/mol. The summed E-state index contributed by atoms with van der Waals surface area (Å²) in [5.41, 5.74) is 0. The van der Waals surface area contributed by atoms with Gasteiger partial charge in [-0.3, -0.25) is 0 Å². The third-order valence-corrected chi connectivity index (χ3v) is 1.46. The largest absolute Gasteiger partial charge is 0.390 e. The highest BCUT2D eigenvalue weighted by molar-refractivity contribution is 4.87. The van der Waals surface area contributed by atoms with Gasteiger partial charge in [-0.25, -0.2) is 0 Å². The zero-order valence-corrected chi connectivity index (χ0v) is 5.07. The Kier molecular flexibility index (Phi) is 1.42. The van der Waals surface area contributed by atoms with Gasteiger partial charge in [0.05, 0.1) is 6.42 Å². The fraction of sp³-hybridized carbons (Fsp3) is 1.00. The minimum absolute atomic E-state index is 0.231.